The van der Waals surface area contributed by atoms with Crippen LogP contribution < -0.4 is 15.4 Å². The highest BCUT2D eigenvalue weighted by molar-refractivity contribution is 6.30. The van der Waals surface area contributed by atoms with Crippen LogP contribution in [0.25, 0.3) is 0 Å². The number of nitrogens with zero attached hydrogens (tertiary/aromatic N) is 5. The van der Waals surface area contributed by atoms with Crippen LogP contribution >= 0.6 is 11.6 Å². The third kappa shape index (κ3) is 3.97. The maximum absolute atomic E-state index is 6.52. The average molecular weight is 419 g/mol. The van der Waals surface area contributed by atoms with Crippen LogP contribution in [0.2, 0.25) is 5.15 Å². The molecule has 2 aromatic rings. The van der Waals surface area contributed by atoms with Crippen molar-refractivity contribution in [3.05, 3.63) is 33.7 Å². The van der Waals surface area contributed by atoms with Gasteiger partial charge in [-0.15, -0.1) is 0 Å². The number of fused-ring (bicyclic) bond motifs is 1. The highest BCUT2D eigenvalue weighted by atomic mass is 35.5. The first-order valence-electron chi connectivity index (χ1n) is 9.85. The molecule has 156 valence electrons. The molecular formula is C20H27ClN6O2. The molecule has 4 rings (SSSR count). The molecule has 2 aliphatic rings. The van der Waals surface area contributed by atoms with Crippen LogP contribution in [-0.2, 0) is 11.3 Å². The van der Waals surface area contributed by atoms with E-state index >= 15 is 0 Å². The topological polar surface area (TPSA) is 89.6 Å². The summed E-state index contributed by atoms with van der Waals surface area (Å²) in [4.78, 5) is 18.0. The van der Waals surface area contributed by atoms with Gasteiger partial charge in [-0.05, 0) is 13.8 Å². The third-order valence-electron chi connectivity index (χ3n) is 5.72. The van der Waals surface area contributed by atoms with Gasteiger partial charge in [0.25, 0.3) is 0 Å². The second kappa shape index (κ2) is 8.30. The first-order chi connectivity index (χ1) is 14.0. The molecule has 1 fully saturated rings. The summed E-state index contributed by atoms with van der Waals surface area (Å²) in [5, 5.41) is 0.444. The quantitative estimate of drug-likeness (QED) is 0.739. The van der Waals surface area contributed by atoms with Gasteiger partial charge in [-0.2, -0.15) is 4.98 Å². The van der Waals surface area contributed by atoms with E-state index in [0.29, 0.717) is 11.7 Å². The molecule has 2 aliphatic heterocycles. The van der Waals surface area contributed by atoms with Gasteiger partial charge in [-0.3, -0.25) is 9.88 Å². The third-order valence-corrected chi connectivity index (χ3v) is 6.01. The van der Waals surface area contributed by atoms with Crippen molar-refractivity contribution in [3.8, 4) is 5.75 Å². The monoisotopic (exact) mass is 418 g/mol. The Morgan fingerprint density at radius 1 is 1.28 bits per heavy atom. The number of ether oxygens (including phenoxy) is 2. The van der Waals surface area contributed by atoms with E-state index in [0.717, 1.165) is 73.3 Å². The normalized spacial score (nSPS) is 19.4. The predicted octanol–water partition coefficient (Wildman–Crippen LogP) is 2.17. The molecule has 0 aliphatic carbocycles. The van der Waals surface area contributed by atoms with Crippen molar-refractivity contribution in [2.75, 3.05) is 57.1 Å². The minimum atomic E-state index is 0.192. The summed E-state index contributed by atoms with van der Waals surface area (Å²) in [6, 6.07) is 0. The molecule has 0 spiro atoms. The molecule has 0 aromatic carbocycles. The van der Waals surface area contributed by atoms with Gasteiger partial charge in [-0.1, -0.05) is 11.6 Å². The first-order valence-corrected chi connectivity index (χ1v) is 10.2. The van der Waals surface area contributed by atoms with Crippen molar-refractivity contribution >= 4 is 23.4 Å². The smallest absolute Gasteiger partial charge is 0.223 e. The lowest BCUT2D eigenvalue weighted by Crippen LogP contribution is -2.39. The molecule has 0 saturated carbocycles. The van der Waals surface area contributed by atoms with Gasteiger partial charge in [0.2, 0.25) is 5.95 Å². The number of aryl methyl sites for hydroxylation is 1. The van der Waals surface area contributed by atoms with Crippen molar-refractivity contribution in [2.45, 2.75) is 26.3 Å². The zero-order chi connectivity index (χ0) is 20.5. The molecule has 2 N–H and O–H groups in total. The van der Waals surface area contributed by atoms with E-state index in [9.17, 15) is 0 Å². The standard InChI is InChI=1S/C20H27ClN6O2/c1-12-8-23-15(13(2)17(12)28-3)11-27-10-14(9-26-4-6-29-7-5-26)16-18(21)24-20(22)25-19(16)27/h8,14H,4-7,9-11H2,1-3H3,(H2,22,24,25). The van der Waals surface area contributed by atoms with Crippen LogP contribution in [0.3, 0.4) is 0 Å². The summed E-state index contributed by atoms with van der Waals surface area (Å²) in [5.41, 5.74) is 9.91. The van der Waals surface area contributed by atoms with E-state index in [-0.39, 0.29) is 11.9 Å². The molecule has 2 aromatic heterocycles. The van der Waals surface area contributed by atoms with Crippen molar-refractivity contribution < 1.29 is 9.47 Å². The Bertz CT molecular complexity index is 903. The van der Waals surface area contributed by atoms with Crippen molar-refractivity contribution in [2.24, 2.45) is 0 Å². The molecule has 1 atom stereocenters. The Morgan fingerprint density at radius 2 is 2.03 bits per heavy atom. The highest BCUT2D eigenvalue weighted by Crippen LogP contribution is 2.40. The summed E-state index contributed by atoms with van der Waals surface area (Å²) in [7, 11) is 1.69. The summed E-state index contributed by atoms with van der Waals surface area (Å²) >= 11 is 6.52. The fourth-order valence-corrected chi connectivity index (χ4v) is 4.60. The maximum atomic E-state index is 6.52. The fraction of sp³-hybridized carbons (Fsp3) is 0.550. The minimum absolute atomic E-state index is 0.192. The number of halogens is 1. The lowest BCUT2D eigenvalue weighted by molar-refractivity contribution is 0.0356. The molecule has 29 heavy (non-hydrogen) atoms. The fourth-order valence-electron chi connectivity index (χ4n) is 4.28. The molecule has 0 radical (unpaired) electrons. The van der Waals surface area contributed by atoms with E-state index in [1.165, 1.54) is 0 Å². The van der Waals surface area contributed by atoms with Gasteiger partial charge in [0.1, 0.15) is 16.7 Å². The van der Waals surface area contributed by atoms with Crippen LogP contribution in [0.1, 0.15) is 28.3 Å². The van der Waals surface area contributed by atoms with E-state index in [1.54, 1.807) is 7.11 Å². The zero-order valence-electron chi connectivity index (χ0n) is 17.1. The molecule has 8 nitrogen and oxygen atoms in total. The van der Waals surface area contributed by atoms with Crippen molar-refractivity contribution in [3.63, 3.8) is 0 Å². The number of morpholine rings is 1. The van der Waals surface area contributed by atoms with Gasteiger partial charge >= 0.3 is 0 Å². The van der Waals surface area contributed by atoms with Gasteiger partial charge in [0.05, 0.1) is 32.6 Å². The highest BCUT2D eigenvalue weighted by Gasteiger charge is 2.35. The van der Waals surface area contributed by atoms with Crippen molar-refractivity contribution in [1.29, 1.82) is 0 Å². The molecule has 1 saturated heterocycles. The second-order valence-electron chi connectivity index (χ2n) is 7.65. The SMILES string of the molecule is COc1c(C)cnc(CN2CC(CN3CCOCC3)c3c(Cl)nc(N)nc32)c1C. The Kier molecular flexibility index (Phi) is 5.76. The number of pyridine rings is 1. The maximum Gasteiger partial charge on any atom is 0.223 e. The average Bonchev–Trinajstić information content (AvgIpc) is 3.02. The minimum Gasteiger partial charge on any atom is -0.496 e. The van der Waals surface area contributed by atoms with Gasteiger partial charge < -0.3 is 20.1 Å². The number of nitrogens with two attached hydrogens (primary N) is 1. The zero-order valence-corrected chi connectivity index (χ0v) is 17.9. The number of hydrogen-bond acceptors (Lipinski definition) is 8. The van der Waals surface area contributed by atoms with Crippen LogP contribution in [0.15, 0.2) is 6.20 Å². The number of methoxy groups -OCH3 is 1. The number of hydrogen-bond donors (Lipinski definition) is 1. The predicted molar refractivity (Wildman–Crippen MR) is 113 cm³/mol. The molecule has 1 unspecified atom stereocenters. The Balaban J connectivity index is 1.63. The van der Waals surface area contributed by atoms with Crippen molar-refractivity contribution in [1.82, 2.24) is 19.9 Å². The Hall–Kier alpha value is -2.16. The van der Waals surface area contributed by atoms with Crippen LogP contribution in [-0.4, -0.2) is 66.4 Å². The van der Waals surface area contributed by atoms with Crippen LogP contribution in [0, 0.1) is 13.8 Å². The first kappa shape index (κ1) is 20.1. The molecule has 9 heteroatoms. The van der Waals surface area contributed by atoms with Gasteiger partial charge in [0, 0.05) is 55.0 Å². The summed E-state index contributed by atoms with van der Waals surface area (Å²) in [6.45, 7) is 9.72. The summed E-state index contributed by atoms with van der Waals surface area (Å²) < 4.78 is 11.0. The number of nitrogen functional groups attached to an aromatic ring is 1. The lowest BCUT2D eigenvalue weighted by Gasteiger charge is -2.29. The molecule has 0 amide bonds. The number of anilines is 2. The second-order valence-corrected chi connectivity index (χ2v) is 8.00. The van der Waals surface area contributed by atoms with Gasteiger partial charge in [-0.25, -0.2) is 4.98 Å². The Labute approximate surface area is 176 Å². The van der Waals surface area contributed by atoms with E-state index < -0.39 is 0 Å². The lowest BCUT2D eigenvalue weighted by atomic mass is 10.0. The summed E-state index contributed by atoms with van der Waals surface area (Å²) in [6.07, 6.45) is 1.85. The number of rotatable bonds is 5. The largest absolute Gasteiger partial charge is 0.496 e. The summed E-state index contributed by atoms with van der Waals surface area (Å²) in [5.74, 6) is 2.09. The Morgan fingerprint density at radius 3 is 2.76 bits per heavy atom. The van der Waals surface area contributed by atoms with Crippen LogP contribution in [0.4, 0.5) is 11.8 Å². The van der Waals surface area contributed by atoms with Crippen LogP contribution in [0.5, 0.6) is 5.75 Å². The van der Waals surface area contributed by atoms with Gasteiger partial charge in [0.15, 0.2) is 0 Å². The number of aromatic nitrogens is 3. The van der Waals surface area contributed by atoms with E-state index in [2.05, 4.69) is 24.8 Å². The van der Waals surface area contributed by atoms with E-state index in [1.807, 2.05) is 20.0 Å². The molecule has 4 heterocycles. The van der Waals surface area contributed by atoms with E-state index in [4.69, 9.17) is 26.8 Å². The molecule has 0 bridgehead atoms. The molecular weight excluding hydrogens is 392 g/mol.